The summed E-state index contributed by atoms with van der Waals surface area (Å²) in [6, 6.07) is 0.377. The van der Waals surface area contributed by atoms with Crippen molar-refractivity contribution in [2.24, 2.45) is 7.05 Å². The second-order valence-corrected chi connectivity index (χ2v) is 8.22. The first-order valence-corrected chi connectivity index (χ1v) is 8.85. The maximum Gasteiger partial charge on any atom is 0.214 e. The average molecular weight is 330 g/mol. The Hall–Kier alpha value is -1.89. The highest BCUT2D eigenvalue weighted by Crippen LogP contribution is 2.38. The summed E-state index contributed by atoms with van der Waals surface area (Å²) in [5.74, 6) is 0. The van der Waals surface area contributed by atoms with Gasteiger partial charge < -0.3 is 4.90 Å². The van der Waals surface area contributed by atoms with Gasteiger partial charge in [0.05, 0.1) is 24.1 Å². The zero-order chi connectivity index (χ0) is 16.2. The van der Waals surface area contributed by atoms with E-state index >= 15 is 0 Å². The fraction of sp³-hybridized carbons (Fsp3) is 0.562. The van der Waals surface area contributed by atoms with Gasteiger partial charge in [0, 0.05) is 30.8 Å². The fourth-order valence-electron chi connectivity index (χ4n) is 3.12. The predicted octanol–water partition coefficient (Wildman–Crippen LogP) is 3.16. The van der Waals surface area contributed by atoms with Crippen molar-refractivity contribution in [3.63, 3.8) is 0 Å². The molecule has 1 atom stereocenters. The number of fused-ring (bicyclic) bond motifs is 1. The van der Waals surface area contributed by atoms with Crippen molar-refractivity contribution in [3.8, 4) is 0 Å². The molecule has 0 N–H and O–H groups in total. The first-order chi connectivity index (χ1) is 10.9. The number of hydrogen-bond acceptors (Lipinski definition) is 5. The molecule has 122 valence electrons. The van der Waals surface area contributed by atoms with Crippen LogP contribution < -0.4 is 4.90 Å². The zero-order valence-corrected chi connectivity index (χ0v) is 14.8. The molecule has 3 aromatic heterocycles. The Morgan fingerprint density at radius 3 is 2.74 bits per heavy atom. The number of nitrogens with zero attached hydrogens (tertiary/aromatic N) is 6. The summed E-state index contributed by atoms with van der Waals surface area (Å²) in [4.78, 5) is 8.12. The maximum absolute atomic E-state index is 4.78. The van der Waals surface area contributed by atoms with E-state index in [0.29, 0.717) is 6.04 Å². The minimum atomic E-state index is 0.0550. The van der Waals surface area contributed by atoms with E-state index < -0.39 is 0 Å². The molecule has 1 fully saturated rings. The second kappa shape index (κ2) is 5.06. The first-order valence-electron chi connectivity index (χ1n) is 8.04. The molecule has 0 spiro atoms. The summed E-state index contributed by atoms with van der Waals surface area (Å²) in [5.41, 5.74) is 2.42. The summed E-state index contributed by atoms with van der Waals surface area (Å²) < 4.78 is 3.80. The molecule has 7 heteroatoms. The average Bonchev–Trinajstić information content (AvgIpc) is 3.18. The summed E-state index contributed by atoms with van der Waals surface area (Å²) in [6.07, 6.45) is 8.48. The molecule has 0 aromatic carbocycles. The third-order valence-corrected chi connectivity index (χ3v) is 5.37. The highest BCUT2D eigenvalue weighted by atomic mass is 32.1. The van der Waals surface area contributed by atoms with E-state index in [9.17, 15) is 0 Å². The van der Waals surface area contributed by atoms with Gasteiger partial charge in [-0.1, -0.05) is 32.1 Å². The smallest absolute Gasteiger partial charge is 0.214 e. The Labute approximate surface area is 139 Å². The molecule has 0 amide bonds. The van der Waals surface area contributed by atoms with Crippen LogP contribution in [0.25, 0.3) is 4.96 Å². The summed E-state index contributed by atoms with van der Waals surface area (Å²) in [5, 5.41) is 10.2. The molecule has 4 rings (SSSR count). The molecule has 1 saturated heterocycles. The van der Waals surface area contributed by atoms with E-state index in [-0.39, 0.29) is 5.41 Å². The number of aromatic nitrogens is 5. The highest BCUT2D eigenvalue weighted by molar-refractivity contribution is 7.20. The van der Waals surface area contributed by atoms with Gasteiger partial charge in [0.2, 0.25) is 10.1 Å². The lowest BCUT2D eigenvalue weighted by atomic mass is 9.93. The van der Waals surface area contributed by atoms with E-state index in [4.69, 9.17) is 10.1 Å². The quantitative estimate of drug-likeness (QED) is 0.724. The predicted molar refractivity (Wildman–Crippen MR) is 92.1 cm³/mol. The van der Waals surface area contributed by atoms with Crippen molar-refractivity contribution in [1.82, 2.24) is 24.4 Å². The van der Waals surface area contributed by atoms with E-state index in [1.54, 1.807) is 11.3 Å². The molecule has 6 nitrogen and oxygen atoms in total. The van der Waals surface area contributed by atoms with Crippen LogP contribution in [0.3, 0.4) is 0 Å². The molecule has 1 unspecified atom stereocenters. The van der Waals surface area contributed by atoms with Crippen LogP contribution in [-0.4, -0.2) is 30.9 Å². The van der Waals surface area contributed by atoms with Crippen LogP contribution in [0.15, 0.2) is 18.6 Å². The molecule has 0 bridgehead atoms. The maximum atomic E-state index is 4.78. The second-order valence-electron chi connectivity index (χ2n) is 7.29. The van der Waals surface area contributed by atoms with Crippen LogP contribution in [0.4, 0.5) is 5.13 Å². The van der Waals surface area contributed by atoms with Gasteiger partial charge in [0.1, 0.15) is 0 Å². The lowest BCUT2D eigenvalue weighted by Crippen LogP contribution is -2.22. The Kier molecular flexibility index (Phi) is 3.23. The van der Waals surface area contributed by atoms with Gasteiger partial charge in [0.15, 0.2) is 0 Å². The number of rotatable bonds is 2. The van der Waals surface area contributed by atoms with E-state index in [1.165, 1.54) is 12.0 Å². The molecule has 3 aromatic rings. The standard InChI is InChI=1S/C16H22N6S/c1-16(2,3)13-10-22-14(18-13)23-15(19-22)21-7-5-6-12(21)11-8-17-20(4)9-11/h8-10,12H,5-7H2,1-4H3. The number of hydrogen-bond donors (Lipinski definition) is 0. The highest BCUT2D eigenvalue weighted by Gasteiger charge is 2.30. The Bertz CT molecular complexity index is 805. The largest absolute Gasteiger partial charge is 0.339 e. The summed E-state index contributed by atoms with van der Waals surface area (Å²) in [7, 11) is 1.97. The van der Waals surface area contributed by atoms with Gasteiger partial charge >= 0.3 is 0 Å². The first kappa shape index (κ1) is 14.7. The SMILES string of the molecule is Cn1cc(C2CCCN2c2nn3cc(C(C)(C)C)nc3s2)cn1. The van der Waals surface area contributed by atoms with Crippen LogP contribution in [-0.2, 0) is 12.5 Å². The summed E-state index contributed by atoms with van der Waals surface area (Å²) in [6.45, 7) is 7.58. The van der Waals surface area contributed by atoms with Crippen molar-refractivity contribution < 1.29 is 0 Å². The molecule has 0 radical (unpaired) electrons. The molecule has 4 heterocycles. The van der Waals surface area contributed by atoms with Crippen LogP contribution in [0.1, 0.15) is 50.9 Å². The lowest BCUT2D eigenvalue weighted by molar-refractivity contribution is 0.572. The van der Waals surface area contributed by atoms with E-state index in [0.717, 1.165) is 28.8 Å². The van der Waals surface area contributed by atoms with Gasteiger partial charge in [-0.2, -0.15) is 5.10 Å². The van der Waals surface area contributed by atoms with Gasteiger partial charge in [-0.15, -0.1) is 5.10 Å². The van der Waals surface area contributed by atoms with Crippen molar-refractivity contribution in [2.75, 3.05) is 11.4 Å². The Morgan fingerprint density at radius 1 is 1.26 bits per heavy atom. The van der Waals surface area contributed by atoms with Gasteiger partial charge in [-0.3, -0.25) is 4.68 Å². The van der Waals surface area contributed by atoms with Gasteiger partial charge in [-0.05, 0) is 12.8 Å². The lowest BCUT2D eigenvalue weighted by Gasteiger charge is -2.22. The van der Waals surface area contributed by atoms with Crippen LogP contribution in [0.5, 0.6) is 0 Å². The molecule has 0 saturated carbocycles. The van der Waals surface area contributed by atoms with Crippen molar-refractivity contribution in [3.05, 3.63) is 29.8 Å². The summed E-state index contributed by atoms with van der Waals surface area (Å²) >= 11 is 1.68. The molecular formula is C16H22N6S. The Balaban J connectivity index is 1.66. The topological polar surface area (TPSA) is 51.2 Å². The monoisotopic (exact) mass is 330 g/mol. The third kappa shape index (κ3) is 2.52. The van der Waals surface area contributed by atoms with Crippen molar-refractivity contribution in [1.29, 1.82) is 0 Å². The van der Waals surface area contributed by atoms with Gasteiger partial charge in [-0.25, -0.2) is 9.50 Å². The van der Waals surface area contributed by atoms with Crippen molar-refractivity contribution >= 4 is 21.4 Å². The molecule has 0 aliphatic carbocycles. The minimum Gasteiger partial charge on any atom is -0.339 e. The normalized spacial score (nSPS) is 19.1. The van der Waals surface area contributed by atoms with Crippen molar-refractivity contribution in [2.45, 2.75) is 45.1 Å². The van der Waals surface area contributed by atoms with E-state index in [1.807, 2.05) is 22.4 Å². The van der Waals surface area contributed by atoms with E-state index in [2.05, 4.69) is 43.2 Å². The number of imidazole rings is 1. The van der Waals surface area contributed by atoms with Crippen LogP contribution in [0, 0.1) is 0 Å². The molecular weight excluding hydrogens is 308 g/mol. The van der Waals surface area contributed by atoms with Crippen LogP contribution >= 0.6 is 11.3 Å². The fourth-order valence-corrected chi connectivity index (χ4v) is 4.08. The molecule has 1 aliphatic heterocycles. The Morgan fingerprint density at radius 2 is 2.09 bits per heavy atom. The molecule has 23 heavy (non-hydrogen) atoms. The van der Waals surface area contributed by atoms with Gasteiger partial charge in [0.25, 0.3) is 0 Å². The minimum absolute atomic E-state index is 0.0550. The number of anilines is 1. The molecule has 1 aliphatic rings. The third-order valence-electron chi connectivity index (χ3n) is 4.41. The number of aryl methyl sites for hydroxylation is 1. The zero-order valence-electron chi connectivity index (χ0n) is 14.0. The van der Waals surface area contributed by atoms with Crippen LogP contribution in [0.2, 0.25) is 0 Å².